The molecule has 1 aromatic carbocycles. The fourth-order valence-corrected chi connectivity index (χ4v) is 5.86. The van der Waals surface area contributed by atoms with Gasteiger partial charge in [0.2, 0.25) is 17.9 Å². The maximum atomic E-state index is 14.6. The summed E-state index contributed by atoms with van der Waals surface area (Å²) in [5, 5.41) is 16.8. The van der Waals surface area contributed by atoms with Crippen LogP contribution in [0.4, 0.5) is 24.9 Å². The fraction of sp³-hybridized carbons (Fsp3) is 0.517. The van der Waals surface area contributed by atoms with Crippen LogP contribution in [-0.2, 0) is 11.2 Å². The highest BCUT2D eigenvalue weighted by Gasteiger charge is 2.46. The number of aryl methyl sites for hydroxylation is 2. The summed E-state index contributed by atoms with van der Waals surface area (Å²) in [6.45, 7) is 5.55. The van der Waals surface area contributed by atoms with Gasteiger partial charge in [-0.1, -0.05) is 25.5 Å². The highest BCUT2D eigenvalue weighted by molar-refractivity contribution is 5.74. The van der Waals surface area contributed by atoms with E-state index in [-0.39, 0.29) is 28.5 Å². The number of hydrogen-bond donors (Lipinski definition) is 3. The Labute approximate surface area is 242 Å². The number of benzene rings is 1. The number of carboxylic acid groups (broad SMARTS) is 1. The fourth-order valence-electron chi connectivity index (χ4n) is 5.86. The molecule has 0 aliphatic carbocycles. The summed E-state index contributed by atoms with van der Waals surface area (Å²) in [4.78, 5) is 21.6. The number of aromatic nitrogens is 4. The second-order valence-electron chi connectivity index (χ2n) is 11.3. The Hall–Kier alpha value is -3.87. The molecule has 2 aromatic heterocycles. The lowest BCUT2D eigenvalue weighted by molar-refractivity contribution is -0.198. The molecule has 10 nitrogen and oxygen atoms in total. The van der Waals surface area contributed by atoms with E-state index in [1.807, 2.05) is 4.90 Å². The molecule has 3 aromatic rings. The Balaban J connectivity index is 1.41. The second-order valence-corrected chi connectivity index (χ2v) is 11.3. The van der Waals surface area contributed by atoms with Gasteiger partial charge in [-0.2, -0.15) is 28.2 Å². The Morgan fingerprint density at radius 3 is 2.62 bits per heavy atom. The van der Waals surface area contributed by atoms with Gasteiger partial charge < -0.3 is 25.8 Å². The lowest BCUT2D eigenvalue weighted by Crippen LogP contribution is -2.41. The van der Waals surface area contributed by atoms with Crippen molar-refractivity contribution in [1.82, 2.24) is 25.1 Å². The van der Waals surface area contributed by atoms with E-state index in [1.54, 1.807) is 31.3 Å². The van der Waals surface area contributed by atoms with Crippen LogP contribution in [0, 0.1) is 12.3 Å². The average molecular weight is 588 g/mol. The largest absolute Gasteiger partial charge is 0.480 e. The number of carbonyl (C=O) groups is 1. The van der Waals surface area contributed by atoms with Crippen molar-refractivity contribution in [3.63, 3.8) is 0 Å². The highest BCUT2D eigenvalue weighted by Crippen LogP contribution is 2.42. The zero-order chi connectivity index (χ0) is 30.1. The van der Waals surface area contributed by atoms with Crippen molar-refractivity contribution in [1.29, 1.82) is 0 Å². The van der Waals surface area contributed by atoms with Crippen molar-refractivity contribution in [3.8, 4) is 11.6 Å². The van der Waals surface area contributed by atoms with Crippen molar-refractivity contribution in [2.45, 2.75) is 70.7 Å². The van der Waals surface area contributed by atoms with Crippen molar-refractivity contribution < 1.29 is 27.8 Å². The van der Waals surface area contributed by atoms with Crippen LogP contribution in [0.3, 0.4) is 0 Å². The molecule has 2 atom stereocenters. The molecule has 2 aliphatic rings. The topological polar surface area (TPSA) is 131 Å². The Morgan fingerprint density at radius 2 is 2.00 bits per heavy atom. The number of aliphatic carboxylic acids is 1. The first-order valence-electron chi connectivity index (χ1n) is 14.2. The minimum absolute atomic E-state index is 0.0915. The quantitative estimate of drug-likeness (QED) is 0.328. The van der Waals surface area contributed by atoms with Gasteiger partial charge >= 0.3 is 12.1 Å². The standard InChI is InChI=1S/C29H36F3N7O3/c1-3-4-5-19-6-7-20(22(14-19)39-11-8-18(2)37-39)25(29(30,31)32)42-24-15-23(35-27(33)36-24)38-12-9-28(10-13-38)16-21(26(40)41)34-17-28/h6-8,11,14-15,21,25,34H,3-5,9-10,12-13,16-17H2,1-2H3,(H,40,41)(H2,33,35,36). The van der Waals surface area contributed by atoms with Gasteiger partial charge in [0.25, 0.3) is 0 Å². The molecule has 1 spiro atoms. The minimum atomic E-state index is -4.77. The van der Waals surface area contributed by atoms with E-state index in [2.05, 4.69) is 27.3 Å². The van der Waals surface area contributed by atoms with Crippen LogP contribution in [-0.4, -0.2) is 62.7 Å². The van der Waals surface area contributed by atoms with Gasteiger partial charge in [0.1, 0.15) is 11.9 Å². The molecule has 0 bridgehead atoms. The molecular weight excluding hydrogens is 551 g/mol. The van der Waals surface area contributed by atoms with Crippen molar-refractivity contribution in [2.75, 3.05) is 30.3 Å². The molecule has 5 rings (SSSR count). The molecule has 4 heterocycles. The van der Waals surface area contributed by atoms with E-state index in [4.69, 9.17) is 10.5 Å². The van der Waals surface area contributed by atoms with E-state index in [9.17, 15) is 23.1 Å². The molecule has 42 heavy (non-hydrogen) atoms. The molecule has 0 amide bonds. The second kappa shape index (κ2) is 11.8. The molecule has 0 saturated carbocycles. The normalized spacial score (nSPS) is 19.3. The third-order valence-corrected chi connectivity index (χ3v) is 8.21. The van der Waals surface area contributed by atoms with E-state index in [0.29, 0.717) is 50.4 Å². The Morgan fingerprint density at radius 1 is 1.24 bits per heavy atom. The van der Waals surface area contributed by atoms with Gasteiger partial charge in [-0.15, -0.1) is 0 Å². The van der Waals surface area contributed by atoms with Gasteiger partial charge in [-0.3, -0.25) is 4.79 Å². The maximum Gasteiger partial charge on any atom is 0.429 e. The number of ether oxygens (including phenoxy) is 1. The van der Waals surface area contributed by atoms with Crippen LogP contribution in [0.2, 0.25) is 0 Å². The smallest absolute Gasteiger partial charge is 0.429 e. The van der Waals surface area contributed by atoms with Gasteiger partial charge in [0.05, 0.1) is 11.4 Å². The number of unbranched alkanes of at least 4 members (excludes halogenated alkanes) is 1. The monoisotopic (exact) mass is 587 g/mol. The van der Waals surface area contributed by atoms with Crippen LogP contribution in [0.25, 0.3) is 5.69 Å². The first-order valence-corrected chi connectivity index (χ1v) is 14.2. The number of carboxylic acids is 1. The lowest BCUT2D eigenvalue weighted by Gasteiger charge is -2.39. The first kappa shape index (κ1) is 29.6. The van der Waals surface area contributed by atoms with E-state index in [1.165, 1.54) is 16.8 Å². The number of alkyl halides is 3. The third kappa shape index (κ3) is 6.45. The summed E-state index contributed by atoms with van der Waals surface area (Å²) in [6.07, 6.45) is -0.895. The number of nitrogen functional groups attached to an aromatic ring is 1. The van der Waals surface area contributed by atoms with E-state index in [0.717, 1.165) is 24.8 Å². The predicted octanol–water partition coefficient (Wildman–Crippen LogP) is 4.61. The minimum Gasteiger partial charge on any atom is -0.480 e. The third-order valence-electron chi connectivity index (χ3n) is 8.21. The van der Waals surface area contributed by atoms with Gasteiger partial charge in [0.15, 0.2) is 0 Å². The van der Waals surface area contributed by atoms with E-state index < -0.39 is 24.3 Å². The van der Waals surface area contributed by atoms with Crippen LogP contribution < -0.4 is 20.7 Å². The molecule has 226 valence electrons. The molecule has 2 saturated heterocycles. The highest BCUT2D eigenvalue weighted by atomic mass is 19.4. The SMILES string of the molecule is CCCCc1ccc(C(Oc2cc(N3CCC4(CC3)CNC(C(=O)O)C4)nc(N)n2)C(F)(F)F)c(-n2ccc(C)n2)c1. The van der Waals surface area contributed by atoms with Gasteiger partial charge in [0, 0.05) is 37.5 Å². The molecular formula is C29H36F3N7O3. The number of halogens is 3. The molecule has 0 radical (unpaired) electrons. The van der Waals surface area contributed by atoms with Crippen LogP contribution in [0.5, 0.6) is 5.88 Å². The van der Waals surface area contributed by atoms with Crippen molar-refractivity contribution in [3.05, 3.63) is 53.3 Å². The summed E-state index contributed by atoms with van der Waals surface area (Å²) in [7, 11) is 0. The number of hydrogen-bond acceptors (Lipinski definition) is 8. The summed E-state index contributed by atoms with van der Waals surface area (Å²) in [5.41, 5.74) is 7.59. The molecule has 13 heteroatoms. The summed E-state index contributed by atoms with van der Waals surface area (Å²) in [5.74, 6) is -0.978. The van der Waals surface area contributed by atoms with Crippen LogP contribution in [0.15, 0.2) is 36.5 Å². The molecule has 2 unspecified atom stereocenters. The average Bonchev–Trinajstić information content (AvgIpc) is 3.57. The summed E-state index contributed by atoms with van der Waals surface area (Å²) >= 11 is 0. The number of rotatable bonds is 9. The predicted molar refractivity (Wildman–Crippen MR) is 151 cm³/mol. The molecule has 4 N–H and O–H groups in total. The van der Waals surface area contributed by atoms with Crippen molar-refractivity contribution >= 4 is 17.7 Å². The molecule has 2 fully saturated rings. The van der Waals surface area contributed by atoms with Gasteiger partial charge in [-0.05, 0) is 62.1 Å². The Kier molecular flexibility index (Phi) is 8.31. The number of nitrogens with one attached hydrogen (secondary N) is 1. The number of nitrogens with zero attached hydrogens (tertiary/aromatic N) is 5. The van der Waals surface area contributed by atoms with Crippen LogP contribution >= 0.6 is 0 Å². The summed E-state index contributed by atoms with van der Waals surface area (Å²) < 4.78 is 50.9. The lowest BCUT2D eigenvalue weighted by atomic mass is 9.76. The Bertz CT molecular complexity index is 1420. The maximum absolute atomic E-state index is 14.6. The zero-order valence-electron chi connectivity index (χ0n) is 23.7. The van der Waals surface area contributed by atoms with Crippen molar-refractivity contribution in [2.24, 2.45) is 5.41 Å². The van der Waals surface area contributed by atoms with E-state index >= 15 is 0 Å². The number of nitrogens with two attached hydrogens (primary N) is 1. The zero-order valence-corrected chi connectivity index (χ0v) is 23.7. The van der Waals surface area contributed by atoms with Gasteiger partial charge in [-0.25, -0.2) is 4.68 Å². The number of piperidine rings is 1. The number of anilines is 2. The first-order chi connectivity index (χ1) is 20.0. The molecule has 2 aliphatic heterocycles. The van der Waals surface area contributed by atoms with Crippen LogP contribution in [0.1, 0.15) is 62.0 Å². The summed E-state index contributed by atoms with van der Waals surface area (Å²) in [6, 6.07) is 7.43.